The van der Waals surface area contributed by atoms with Gasteiger partial charge in [-0.05, 0) is 36.4 Å². The van der Waals surface area contributed by atoms with Gasteiger partial charge in [0.05, 0.1) is 10.5 Å². The number of halogens is 3. The van der Waals surface area contributed by atoms with Crippen LogP contribution in [0.4, 0.5) is 13.2 Å². The van der Waals surface area contributed by atoms with Crippen LogP contribution in [0.5, 0.6) is 11.6 Å². The van der Waals surface area contributed by atoms with E-state index < -0.39 is 21.8 Å². The predicted octanol–water partition coefficient (Wildman–Crippen LogP) is 2.82. The lowest BCUT2D eigenvalue weighted by molar-refractivity contribution is -0.137. The van der Waals surface area contributed by atoms with Gasteiger partial charge in [0.2, 0.25) is 21.8 Å². The fraction of sp³-hybridized carbons (Fsp3) is 0.263. The van der Waals surface area contributed by atoms with E-state index >= 15 is 0 Å². The van der Waals surface area contributed by atoms with E-state index in [1.54, 1.807) is 4.90 Å². The zero-order chi connectivity index (χ0) is 21.9. The number of amides is 1. The highest BCUT2D eigenvalue weighted by Crippen LogP contribution is 2.30. The normalized spacial score (nSPS) is 14.8. The summed E-state index contributed by atoms with van der Waals surface area (Å²) in [7, 11) is -3.76. The summed E-state index contributed by atoms with van der Waals surface area (Å²) in [6, 6.07) is 7.30. The number of carbonyl (C=O) groups is 1. The number of hydrogen-bond donors (Lipinski definition) is 1. The zero-order valence-corrected chi connectivity index (χ0v) is 16.4. The number of aromatic nitrogens is 1. The van der Waals surface area contributed by atoms with Crippen molar-refractivity contribution in [1.82, 2.24) is 14.6 Å². The largest absolute Gasteiger partial charge is 0.439 e. The van der Waals surface area contributed by atoms with Gasteiger partial charge in [-0.2, -0.15) is 13.2 Å². The molecule has 0 atom stereocenters. The molecule has 2 aromatic rings. The Morgan fingerprint density at radius 1 is 1.23 bits per heavy atom. The van der Waals surface area contributed by atoms with Crippen molar-refractivity contribution in [2.45, 2.75) is 11.1 Å². The van der Waals surface area contributed by atoms with E-state index in [0.717, 1.165) is 12.1 Å². The SMILES string of the molecule is C=CC(=O)N1CC(CNS(=O)(=O)c2ccc(Oc3ccc(C(F)(F)F)cn3)cc2)C1. The molecular weight excluding hydrogens is 423 g/mol. The first-order valence-corrected chi connectivity index (χ1v) is 10.3. The molecule has 1 amide bonds. The summed E-state index contributed by atoms with van der Waals surface area (Å²) >= 11 is 0. The van der Waals surface area contributed by atoms with Crippen molar-refractivity contribution in [2.24, 2.45) is 5.92 Å². The fourth-order valence-corrected chi connectivity index (χ4v) is 3.85. The van der Waals surface area contributed by atoms with E-state index in [9.17, 15) is 26.4 Å². The van der Waals surface area contributed by atoms with Crippen LogP contribution >= 0.6 is 0 Å². The molecule has 1 saturated heterocycles. The third kappa shape index (κ3) is 5.16. The standard InChI is InChI=1S/C19H18F3N3O4S/c1-2-18(26)25-11-13(12-25)9-24-30(27,28)16-6-4-15(5-7-16)29-17-8-3-14(10-23-17)19(20,21)22/h2-8,10,13,24H,1,9,11-12H2. The minimum absolute atomic E-state index is 0.00794. The predicted molar refractivity (Wildman–Crippen MR) is 101 cm³/mol. The van der Waals surface area contributed by atoms with Gasteiger partial charge in [0, 0.05) is 37.8 Å². The molecule has 1 aliphatic rings. The Morgan fingerprint density at radius 2 is 1.90 bits per heavy atom. The number of rotatable bonds is 7. The summed E-state index contributed by atoms with van der Waals surface area (Å²) in [5.41, 5.74) is -0.897. The van der Waals surface area contributed by atoms with Crippen LogP contribution in [-0.4, -0.2) is 43.8 Å². The molecule has 0 aliphatic carbocycles. The molecule has 1 fully saturated rings. The number of benzene rings is 1. The molecule has 1 aliphatic heterocycles. The minimum atomic E-state index is -4.49. The lowest BCUT2D eigenvalue weighted by atomic mass is 10.0. The second kappa shape index (κ2) is 8.44. The summed E-state index contributed by atoms with van der Waals surface area (Å²) in [6.07, 6.45) is -2.63. The number of likely N-dealkylation sites (tertiary alicyclic amines) is 1. The van der Waals surface area contributed by atoms with Gasteiger partial charge in [-0.15, -0.1) is 0 Å². The molecule has 0 saturated carbocycles. The van der Waals surface area contributed by atoms with Crippen molar-refractivity contribution in [1.29, 1.82) is 0 Å². The Hall–Kier alpha value is -2.92. The van der Waals surface area contributed by atoms with Crippen molar-refractivity contribution in [2.75, 3.05) is 19.6 Å². The first kappa shape index (κ1) is 21.8. The van der Waals surface area contributed by atoms with Crippen molar-refractivity contribution in [3.05, 3.63) is 60.8 Å². The number of carbonyl (C=O) groups excluding carboxylic acids is 1. The van der Waals surface area contributed by atoms with Crippen molar-refractivity contribution < 1.29 is 31.1 Å². The zero-order valence-electron chi connectivity index (χ0n) is 15.6. The second-order valence-corrected chi connectivity index (χ2v) is 8.39. The van der Waals surface area contributed by atoms with E-state index in [1.807, 2.05) is 0 Å². The first-order valence-electron chi connectivity index (χ1n) is 8.80. The summed E-state index contributed by atoms with van der Waals surface area (Å²) in [4.78, 5) is 16.6. The van der Waals surface area contributed by atoms with Crippen LogP contribution in [0, 0.1) is 5.92 Å². The maximum absolute atomic E-state index is 12.5. The lowest BCUT2D eigenvalue weighted by Crippen LogP contribution is -2.53. The second-order valence-electron chi connectivity index (χ2n) is 6.62. The quantitative estimate of drug-likeness (QED) is 0.668. The number of alkyl halides is 3. The maximum Gasteiger partial charge on any atom is 0.417 e. The average Bonchev–Trinajstić information content (AvgIpc) is 2.66. The highest BCUT2D eigenvalue weighted by Gasteiger charge is 2.31. The van der Waals surface area contributed by atoms with Crippen LogP contribution in [0.2, 0.25) is 0 Å². The number of sulfonamides is 1. The molecule has 160 valence electrons. The van der Waals surface area contributed by atoms with Gasteiger partial charge >= 0.3 is 6.18 Å². The van der Waals surface area contributed by atoms with Crippen molar-refractivity contribution in [3.63, 3.8) is 0 Å². The Labute approximate surface area is 171 Å². The van der Waals surface area contributed by atoms with Crippen LogP contribution in [-0.2, 0) is 21.0 Å². The highest BCUT2D eigenvalue weighted by molar-refractivity contribution is 7.89. The van der Waals surface area contributed by atoms with E-state index in [2.05, 4.69) is 16.3 Å². The molecule has 0 bridgehead atoms. The van der Waals surface area contributed by atoms with Crippen LogP contribution in [0.1, 0.15) is 5.56 Å². The molecule has 11 heteroatoms. The van der Waals surface area contributed by atoms with E-state index in [4.69, 9.17) is 4.74 Å². The summed E-state index contributed by atoms with van der Waals surface area (Å²) in [5.74, 6) is 0.00313. The molecule has 1 N–H and O–H groups in total. The van der Waals surface area contributed by atoms with Gasteiger partial charge < -0.3 is 9.64 Å². The summed E-state index contributed by atoms with van der Waals surface area (Å²) < 4.78 is 70.2. The van der Waals surface area contributed by atoms with Gasteiger partial charge in [-0.1, -0.05) is 6.58 Å². The molecule has 7 nitrogen and oxygen atoms in total. The van der Waals surface area contributed by atoms with Gasteiger partial charge in [0.1, 0.15) is 5.75 Å². The number of nitrogens with one attached hydrogen (secondary N) is 1. The molecule has 2 heterocycles. The molecule has 0 spiro atoms. The van der Waals surface area contributed by atoms with Crippen LogP contribution < -0.4 is 9.46 Å². The number of pyridine rings is 1. The lowest BCUT2D eigenvalue weighted by Gasteiger charge is -2.38. The molecule has 0 unspecified atom stereocenters. The molecule has 3 rings (SSSR count). The average molecular weight is 441 g/mol. The number of ether oxygens (including phenoxy) is 1. The van der Waals surface area contributed by atoms with E-state index in [-0.39, 0.29) is 34.9 Å². The third-order valence-corrected chi connectivity index (χ3v) is 5.87. The van der Waals surface area contributed by atoms with Gasteiger partial charge in [-0.3, -0.25) is 4.79 Å². The molecule has 1 aromatic carbocycles. The topological polar surface area (TPSA) is 88.6 Å². The number of nitrogens with zero attached hydrogens (tertiary/aromatic N) is 2. The van der Waals surface area contributed by atoms with Gasteiger partial charge in [0.15, 0.2) is 0 Å². The maximum atomic E-state index is 12.5. The van der Waals surface area contributed by atoms with Crippen LogP contribution in [0.3, 0.4) is 0 Å². The highest BCUT2D eigenvalue weighted by atomic mass is 32.2. The van der Waals surface area contributed by atoms with Crippen molar-refractivity contribution >= 4 is 15.9 Å². The number of hydrogen-bond acceptors (Lipinski definition) is 5. The van der Waals surface area contributed by atoms with Crippen LogP contribution in [0.25, 0.3) is 0 Å². The molecule has 0 radical (unpaired) electrons. The summed E-state index contributed by atoms with van der Waals surface area (Å²) in [6.45, 7) is 4.51. The smallest absolute Gasteiger partial charge is 0.417 e. The Bertz CT molecular complexity index is 1020. The van der Waals surface area contributed by atoms with E-state index in [0.29, 0.717) is 19.3 Å². The molecular formula is C19H18F3N3O4S. The third-order valence-electron chi connectivity index (χ3n) is 4.43. The monoisotopic (exact) mass is 441 g/mol. The fourth-order valence-electron chi connectivity index (χ4n) is 2.73. The Balaban J connectivity index is 1.55. The Kier molecular flexibility index (Phi) is 6.13. The summed E-state index contributed by atoms with van der Waals surface area (Å²) in [5, 5.41) is 0. The van der Waals surface area contributed by atoms with Gasteiger partial charge in [-0.25, -0.2) is 18.1 Å². The van der Waals surface area contributed by atoms with Crippen LogP contribution in [0.15, 0.2) is 60.1 Å². The molecule has 1 aromatic heterocycles. The van der Waals surface area contributed by atoms with Gasteiger partial charge in [0.25, 0.3) is 0 Å². The first-order chi connectivity index (χ1) is 14.1. The molecule has 30 heavy (non-hydrogen) atoms. The van der Waals surface area contributed by atoms with Crippen molar-refractivity contribution in [3.8, 4) is 11.6 Å². The van der Waals surface area contributed by atoms with E-state index in [1.165, 1.54) is 30.3 Å². The minimum Gasteiger partial charge on any atom is -0.439 e. The Morgan fingerprint density at radius 3 is 2.43 bits per heavy atom.